The fourth-order valence-corrected chi connectivity index (χ4v) is 3.96. The Morgan fingerprint density at radius 2 is 1.86 bits per heavy atom. The number of hydrogen-bond donors (Lipinski definition) is 0. The van der Waals surface area contributed by atoms with Crippen LogP contribution in [0.3, 0.4) is 0 Å². The van der Waals surface area contributed by atoms with E-state index in [4.69, 9.17) is 21.1 Å². The standard InChI is InChI=1S/C21H22ClN3O3S/c1-27-13-7-12-25-20(15-8-3-5-10-17(15)22)23-24-21(25)29-14-18(26)16-9-4-6-11-19(16)28-2/h3-6,8-11H,7,12-14H2,1-2H3. The van der Waals surface area contributed by atoms with Gasteiger partial charge in [-0.2, -0.15) is 0 Å². The molecule has 1 aromatic heterocycles. The van der Waals surface area contributed by atoms with Gasteiger partial charge in [-0.1, -0.05) is 47.6 Å². The zero-order chi connectivity index (χ0) is 20.6. The van der Waals surface area contributed by atoms with Gasteiger partial charge in [0, 0.05) is 25.8 Å². The van der Waals surface area contributed by atoms with E-state index in [2.05, 4.69) is 10.2 Å². The minimum Gasteiger partial charge on any atom is -0.496 e. The lowest BCUT2D eigenvalue weighted by Crippen LogP contribution is -2.08. The van der Waals surface area contributed by atoms with Crippen LogP contribution in [0.5, 0.6) is 5.75 Å². The molecule has 3 aromatic rings. The smallest absolute Gasteiger partial charge is 0.191 e. The van der Waals surface area contributed by atoms with Crippen molar-refractivity contribution in [1.29, 1.82) is 0 Å². The Hall–Kier alpha value is -2.35. The Bertz CT molecular complexity index is 977. The van der Waals surface area contributed by atoms with Crippen LogP contribution in [0.25, 0.3) is 11.4 Å². The highest BCUT2D eigenvalue weighted by Gasteiger charge is 2.18. The van der Waals surface area contributed by atoms with Gasteiger partial charge < -0.3 is 14.0 Å². The molecule has 0 unspecified atom stereocenters. The highest BCUT2D eigenvalue weighted by atomic mass is 35.5. The molecule has 0 aliphatic carbocycles. The molecule has 1 heterocycles. The zero-order valence-corrected chi connectivity index (χ0v) is 17.9. The Labute approximate surface area is 179 Å². The first kappa shape index (κ1) is 21.4. The van der Waals surface area contributed by atoms with Gasteiger partial charge >= 0.3 is 0 Å². The molecule has 0 radical (unpaired) electrons. The molecule has 3 rings (SSSR count). The van der Waals surface area contributed by atoms with Gasteiger partial charge in [0.25, 0.3) is 0 Å². The lowest BCUT2D eigenvalue weighted by atomic mass is 10.1. The summed E-state index contributed by atoms with van der Waals surface area (Å²) in [5, 5.41) is 9.93. The maximum absolute atomic E-state index is 12.7. The number of nitrogens with zero attached hydrogens (tertiary/aromatic N) is 3. The van der Waals surface area contributed by atoms with Crippen LogP contribution in [0.1, 0.15) is 16.8 Å². The van der Waals surface area contributed by atoms with E-state index >= 15 is 0 Å². The molecule has 0 atom stereocenters. The summed E-state index contributed by atoms with van der Waals surface area (Å²) in [6.45, 7) is 1.27. The summed E-state index contributed by atoms with van der Waals surface area (Å²) in [6.07, 6.45) is 0.792. The van der Waals surface area contributed by atoms with E-state index in [1.807, 2.05) is 41.0 Å². The first-order chi connectivity index (χ1) is 14.2. The number of benzene rings is 2. The number of para-hydroxylation sites is 1. The number of aromatic nitrogens is 3. The number of Topliss-reactive ketones (excluding diaryl/α,β-unsaturated/α-hetero) is 1. The van der Waals surface area contributed by atoms with Crippen LogP contribution >= 0.6 is 23.4 Å². The molecule has 0 saturated heterocycles. The molecule has 2 aromatic carbocycles. The van der Waals surface area contributed by atoms with E-state index in [1.165, 1.54) is 11.8 Å². The number of methoxy groups -OCH3 is 2. The molecule has 0 fully saturated rings. The second-order valence-corrected chi connectivity index (χ2v) is 7.55. The van der Waals surface area contributed by atoms with Crippen molar-refractivity contribution >= 4 is 29.1 Å². The molecular formula is C21H22ClN3O3S. The number of halogens is 1. The van der Waals surface area contributed by atoms with Gasteiger partial charge in [-0.3, -0.25) is 4.79 Å². The number of ether oxygens (including phenoxy) is 2. The van der Waals surface area contributed by atoms with E-state index in [0.717, 1.165) is 12.0 Å². The molecule has 0 saturated carbocycles. The van der Waals surface area contributed by atoms with Crippen LogP contribution in [0, 0.1) is 0 Å². The van der Waals surface area contributed by atoms with Crippen LogP contribution in [0.2, 0.25) is 5.02 Å². The van der Waals surface area contributed by atoms with Gasteiger partial charge in [0.15, 0.2) is 16.8 Å². The molecule has 8 heteroatoms. The summed E-state index contributed by atoms with van der Waals surface area (Å²) in [7, 11) is 3.23. The summed E-state index contributed by atoms with van der Waals surface area (Å²) in [5.74, 6) is 1.44. The third-order valence-electron chi connectivity index (χ3n) is 4.30. The van der Waals surface area contributed by atoms with E-state index in [9.17, 15) is 4.79 Å². The Kier molecular flexibility index (Phi) is 7.69. The van der Waals surface area contributed by atoms with Crippen LogP contribution in [0.15, 0.2) is 53.7 Å². The third kappa shape index (κ3) is 5.18. The van der Waals surface area contributed by atoms with Crippen molar-refractivity contribution in [2.45, 2.75) is 18.1 Å². The largest absolute Gasteiger partial charge is 0.496 e. The van der Waals surface area contributed by atoms with Crippen LogP contribution in [-0.4, -0.2) is 47.1 Å². The molecule has 0 amide bonds. The zero-order valence-electron chi connectivity index (χ0n) is 16.3. The number of carbonyl (C=O) groups is 1. The maximum atomic E-state index is 12.7. The van der Waals surface area contributed by atoms with Gasteiger partial charge in [-0.25, -0.2) is 0 Å². The highest BCUT2D eigenvalue weighted by molar-refractivity contribution is 7.99. The van der Waals surface area contributed by atoms with E-state index < -0.39 is 0 Å². The maximum Gasteiger partial charge on any atom is 0.191 e. The second kappa shape index (κ2) is 10.4. The first-order valence-corrected chi connectivity index (χ1v) is 10.5. The Balaban J connectivity index is 1.83. The molecule has 0 aliphatic heterocycles. The van der Waals surface area contributed by atoms with Gasteiger partial charge in [-0.15, -0.1) is 10.2 Å². The van der Waals surface area contributed by atoms with Crippen LogP contribution in [-0.2, 0) is 11.3 Å². The van der Waals surface area contributed by atoms with Crippen molar-refractivity contribution in [2.75, 3.05) is 26.6 Å². The fourth-order valence-electron chi connectivity index (χ4n) is 2.89. The van der Waals surface area contributed by atoms with Gasteiger partial charge in [0.2, 0.25) is 0 Å². The molecule has 0 aliphatic rings. The number of carbonyl (C=O) groups excluding carboxylic acids is 1. The third-order valence-corrected chi connectivity index (χ3v) is 5.60. The molecule has 0 spiro atoms. The first-order valence-electron chi connectivity index (χ1n) is 9.11. The van der Waals surface area contributed by atoms with Crippen LogP contribution in [0.4, 0.5) is 0 Å². The van der Waals surface area contributed by atoms with Gasteiger partial charge in [0.05, 0.1) is 23.4 Å². The Morgan fingerprint density at radius 3 is 2.62 bits per heavy atom. The van der Waals surface area contributed by atoms with Crippen molar-refractivity contribution in [3.63, 3.8) is 0 Å². The molecule has 0 bridgehead atoms. The lowest BCUT2D eigenvalue weighted by molar-refractivity contribution is 0.101. The summed E-state index contributed by atoms with van der Waals surface area (Å²) in [6, 6.07) is 14.7. The van der Waals surface area contributed by atoms with Crippen molar-refractivity contribution in [1.82, 2.24) is 14.8 Å². The molecule has 0 N–H and O–H groups in total. The van der Waals surface area contributed by atoms with Gasteiger partial charge in [-0.05, 0) is 30.7 Å². The fraction of sp³-hybridized carbons (Fsp3) is 0.286. The van der Waals surface area contributed by atoms with E-state index in [0.29, 0.717) is 40.5 Å². The summed E-state index contributed by atoms with van der Waals surface area (Å²) >= 11 is 7.71. The van der Waals surface area contributed by atoms with Gasteiger partial charge in [0.1, 0.15) is 5.75 Å². The average Bonchev–Trinajstić information content (AvgIpc) is 3.15. The predicted octanol–water partition coefficient (Wildman–Crippen LogP) is 4.62. The Morgan fingerprint density at radius 1 is 1.10 bits per heavy atom. The number of rotatable bonds is 10. The second-order valence-electron chi connectivity index (χ2n) is 6.20. The molecular weight excluding hydrogens is 410 g/mol. The topological polar surface area (TPSA) is 66.2 Å². The minimum atomic E-state index is -0.0295. The van der Waals surface area contributed by atoms with Crippen molar-refractivity contribution in [3.05, 3.63) is 59.1 Å². The highest BCUT2D eigenvalue weighted by Crippen LogP contribution is 2.30. The van der Waals surface area contributed by atoms with Crippen molar-refractivity contribution in [2.24, 2.45) is 0 Å². The average molecular weight is 432 g/mol. The summed E-state index contributed by atoms with van der Waals surface area (Å²) < 4.78 is 12.5. The summed E-state index contributed by atoms with van der Waals surface area (Å²) in [5.41, 5.74) is 1.36. The van der Waals surface area contributed by atoms with Crippen molar-refractivity contribution in [3.8, 4) is 17.1 Å². The van der Waals surface area contributed by atoms with Crippen molar-refractivity contribution < 1.29 is 14.3 Å². The van der Waals surface area contributed by atoms with E-state index in [1.54, 1.807) is 26.4 Å². The van der Waals surface area contributed by atoms with Crippen LogP contribution < -0.4 is 4.74 Å². The monoisotopic (exact) mass is 431 g/mol. The quantitative estimate of drug-likeness (QED) is 0.265. The SMILES string of the molecule is COCCCn1c(SCC(=O)c2ccccc2OC)nnc1-c1ccccc1Cl. The normalized spacial score (nSPS) is 10.9. The predicted molar refractivity (Wildman–Crippen MR) is 115 cm³/mol. The molecule has 6 nitrogen and oxygen atoms in total. The molecule has 152 valence electrons. The lowest BCUT2D eigenvalue weighted by Gasteiger charge is -2.11. The molecule has 29 heavy (non-hydrogen) atoms. The summed E-state index contributed by atoms with van der Waals surface area (Å²) in [4.78, 5) is 12.7. The number of thioether (sulfide) groups is 1. The number of hydrogen-bond acceptors (Lipinski definition) is 6. The number of ketones is 1. The van der Waals surface area contributed by atoms with E-state index in [-0.39, 0.29) is 11.5 Å². The minimum absolute atomic E-state index is 0.0295.